The Bertz CT molecular complexity index is 540. The third-order valence-electron chi connectivity index (χ3n) is 2.24. The van der Waals surface area contributed by atoms with Gasteiger partial charge in [0.15, 0.2) is 0 Å². The molecule has 2 aromatic rings. The number of nitro benzene ring substituents is 1. The average molecular weight is 278 g/mol. The second-order valence-corrected chi connectivity index (χ2v) is 4.14. The fraction of sp³-hybridized carbons (Fsp3) is 0. The standard InChI is InChI=1S/C12H8BrNO2/c13-12-7-2-1-6-11(12)9-4-3-5-10(8-9)14(15)16/h1-8H. The summed E-state index contributed by atoms with van der Waals surface area (Å²) in [5, 5.41) is 10.7. The molecule has 0 spiro atoms. The van der Waals surface area contributed by atoms with Crippen LogP contribution in [-0.4, -0.2) is 4.92 Å². The molecule has 4 heteroatoms. The van der Waals surface area contributed by atoms with Crippen LogP contribution in [0.4, 0.5) is 5.69 Å². The van der Waals surface area contributed by atoms with E-state index in [1.54, 1.807) is 12.1 Å². The summed E-state index contributed by atoms with van der Waals surface area (Å²) in [6.07, 6.45) is 0. The van der Waals surface area contributed by atoms with E-state index in [2.05, 4.69) is 15.9 Å². The van der Waals surface area contributed by atoms with Crippen molar-refractivity contribution in [3.63, 3.8) is 0 Å². The van der Waals surface area contributed by atoms with Gasteiger partial charge in [-0.05, 0) is 17.2 Å². The molecule has 0 saturated carbocycles. The summed E-state index contributed by atoms with van der Waals surface area (Å²) < 4.78 is 0.926. The molecule has 0 aliphatic heterocycles. The van der Waals surface area contributed by atoms with E-state index >= 15 is 0 Å². The lowest BCUT2D eigenvalue weighted by atomic mass is 10.1. The second kappa shape index (κ2) is 4.45. The first kappa shape index (κ1) is 10.8. The Balaban J connectivity index is 2.53. The summed E-state index contributed by atoms with van der Waals surface area (Å²) in [5.41, 5.74) is 1.89. The third-order valence-corrected chi connectivity index (χ3v) is 2.93. The van der Waals surface area contributed by atoms with Crippen molar-refractivity contribution in [2.75, 3.05) is 0 Å². The lowest BCUT2D eigenvalue weighted by molar-refractivity contribution is -0.384. The maximum absolute atomic E-state index is 10.7. The molecule has 2 aromatic carbocycles. The normalized spacial score (nSPS) is 10.1. The lowest BCUT2D eigenvalue weighted by Gasteiger charge is -2.03. The molecule has 0 aliphatic rings. The van der Waals surface area contributed by atoms with Crippen LogP contribution < -0.4 is 0 Å². The van der Waals surface area contributed by atoms with E-state index in [1.807, 2.05) is 30.3 Å². The molecule has 0 atom stereocenters. The Morgan fingerprint density at radius 1 is 1.06 bits per heavy atom. The first-order valence-corrected chi connectivity index (χ1v) is 5.47. The number of nitro groups is 1. The summed E-state index contributed by atoms with van der Waals surface area (Å²) in [5.74, 6) is 0. The SMILES string of the molecule is O=[N+]([O-])c1cccc(-c2ccccc2Br)c1. The maximum atomic E-state index is 10.7. The quantitative estimate of drug-likeness (QED) is 0.615. The molecule has 0 aromatic heterocycles. The first-order chi connectivity index (χ1) is 7.68. The van der Waals surface area contributed by atoms with E-state index in [1.165, 1.54) is 6.07 Å². The number of halogens is 1. The van der Waals surface area contributed by atoms with Crippen molar-refractivity contribution in [2.45, 2.75) is 0 Å². The van der Waals surface area contributed by atoms with Gasteiger partial charge in [-0.2, -0.15) is 0 Å². The summed E-state index contributed by atoms with van der Waals surface area (Å²) in [6.45, 7) is 0. The minimum atomic E-state index is -0.389. The monoisotopic (exact) mass is 277 g/mol. The van der Waals surface area contributed by atoms with Gasteiger partial charge < -0.3 is 0 Å². The molecule has 3 nitrogen and oxygen atoms in total. The van der Waals surface area contributed by atoms with Gasteiger partial charge in [0.05, 0.1) is 4.92 Å². The second-order valence-electron chi connectivity index (χ2n) is 3.29. The minimum absolute atomic E-state index is 0.105. The summed E-state index contributed by atoms with van der Waals surface area (Å²) in [6, 6.07) is 14.2. The highest BCUT2D eigenvalue weighted by Gasteiger charge is 2.08. The zero-order valence-electron chi connectivity index (χ0n) is 8.26. The number of nitrogens with zero attached hydrogens (tertiary/aromatic N) is 1. The Labute approximate surface area is 101 Å². The van der Waals surface area contributed by atoms with Crippen LogP contribution in [-0.2, 0) is 0 Å². The van der Waals surface area contributed by atoms with Gasteiger partial charge in [-0.3, -0.25) is 10.1 Å². The maximum Gasteiger partial charge on any atom is 0.270 e. The summed E-state index contributed by atoms with van der Waals surface area (Å²) >= 11 is 3.42. The molecule has 2 rings (SSSR count). The molecule has 0 amide bonds. The van der Waals surface area contributed by atoms with Crippen LogP contribution in [0.25, 0.3) is 11.1 Å². The molecule has 0 heterocycles. The van der Waals surface area contributed by atoms with Gasteiger partial charge in [-0.25, -0.2) is 0 Å². The zero-order chi connectivity index (χ0) is 11.5. The van der Waals surface area contributed by atoms with Crippen LogP contribution in [0, 0.1) is 10.1 Å². The molecule has 80 valence electrons. The average Bonchev–Trinajstić information content (AvgIpc) is 2.30. The van der Waals surface area contributed by atoms with Crippen molar-refractivity contribution < 1.29 is 4.92 Å². The highest BCUT2D eigenvalue weighted by Crippen LogP contribution is 2.29. The fourth-order valence-corrected chi connectivity index (χ4v) is 2.00. The van der Waals surface area contributed by atoms with Gasteiger partial charge in [0.25, 0.3) is 5.69 Å². The summed E-state index contributed by atoms with van der Waals surface area (Å²) in [7, 11) is 0. The van der Waals surface area contributed by atoms with Crippen LogP contribution in [0.5, 0.6) is 0 Å². The Morgan fingerprint density at radius 3 is 2.50 bits per heavy atom. The highest BCUT2D eigenvalue weighted by atomic mass is 79.9. The van der Waals surface area contributed by atoms with Gasteiger partial charge >= 0.3 is 0 Å². The molecular formula is C12H8BrNO2. The van der Waals surface area contributed by atoms with Crippen molar-refractivity contribution in [2.24, 2.45) is 0 Å². The van der Waals surface area contributed by atoms with Crippen molar-refractivity contribution in [1.82, 2.24) is 0 Å². The van der Waals surface area contributed by atoms with E-state index in [9.17, 15) is 10.1 Å². The number of benzene rings is 2. The highest BCUT2D eigenvalue weighted by molar-refractivity contribution is 9.10. The Hall–Kier alpha value is -1.68. The molecule has 16 heavy (non-hydrogen) atoms. The predicted molar refractivity (Wildman–Crippen MR) is 66.2 cm³/mol. The van der Waals surface area contributed by atoms with Gasteiger partial charge in [0.2, 0.25) is 0 Å². The van der Waals surface area contributed by atoms with E-state index < -0.39 is 0 Å². The van der Waals surface area contributed by atoms with E-state index in [0.717, 1.165) is 15.6 Å². The van der Waals surface area contributed by atoms with E-state index in [0.29, 0.717) is 0 Å². The lowest BCUT2D eigenvalue weighted by Crippen LogP contribution is -1.88. The van der Waals surface area contributed by atoms with Gasteiger partial charge in [-0.15, -0.1) is 0 Å². The van der Waals surface area contributed by atoms with Gasteiger partial charge in [0, 0.05) is 16.6 Å². The minimum Gasteiger partial charge on any atom is -0.258 e. The molecule has 0 bridgehead atoms. The number of hydrogen-bond donors (Lipinski definition) is 0. The molecule has 0 N–H and O–H groups in total. The summed E-state index contributed by atoms with van der Waals surface area (Å²) in [4.78, 5) is 10.3. The number of non-ortho nitro benzene ring substituents is 1. The van der Waals surface area contributed by atoms with Crippen molar-refractivity contribution in [3.8, 4) is 11.1 Å². The topological polar surface area (TPSA) is 43.1 Å². The van der Waals surface area contributed by atoms with Crippen LogP contribution in [0.3, 0.4) is 0 Å². The molecule has 0 aliphatic carbocycles. The Morgan fingerprint density at radius 2 is 1.81 bits per heavy atom. The van der Waals surface area contributed by atoms with Crippen LogP contribution >= 0.6 is 15.9 Å². The van der Waals surface area contributed by atoms with E-state index in [-0.39, 0.29) is 10.6 Å². The van der Waals surface area contributed by atoms with Crippen molar-refractivity contribution in [3.05, 3.63) is 63.1 Å². The zero-order valence-corrected chi connectivity index (χ0v) is 9.85. The number of rotatable bonds is 2. The van der Waals surface area contributed by atoms with Crippen LogP contribution in [0.2, 0.25) is 0 Å². The van der Waals surface area contributed by atoms with Gasteiger partial charge in [-0.1, -0.05) is 46.3 Å². The molecule has 0 fully saturated rings. The third kappa shape index (κ3) is 2.12. The van der Waals surface area contributed by atoms with E-state index in [4.69, 9.17) is 0 Å². The largest absolute Gasteiger partial charge is 0.270 e. The van der Waals surface area contributed by atoms with Gasteiger partial charge in [0.1, 0.15) is 0 Å². The van der Waals surface area contributed by atoms with Crippen molar-refractivity contribution >= 4 is 21.6 Å². The Kier molecular flexibility index (Phi) is 3.01. The number of hydrogen-bond acceptors (Lipinski definition) is 2. The van der Waals surface area contributed by atoms with Crippen molar-refractivity contribution in [1.29, 1.82) is 0 Å². The molecular weight excluding hydrogens is 270 g/mol. The molecule has 0 saturated heterocycles. The predicted octanol–water partition coefficient (Wildman–Crippen LogP) is 4.02. The smallest absolute Gasteiger partial charge is 0.258 e. The van der Waals surface area contributed by atoms with Crippen LogP contribution in [0.1, 0.15) is 0 Å². The van der Waals surface area contributed by atoms with Crippen LogP contribution in [0.15, 0.2) is 53.0 Å². The molecule has 0 radical (unpaired) electrons. The fourth-order valence-electron chi connectivity index (χ4n) is 1.48. The first-order valence-electron chi connectivity index (χ1n) is 4.68. The molecule has 0 unspecified atom stereocenters.